The SMILES string of the molecule is O=C(N[C@H](CCO)c1ccccc1)OCC1c2ccccc2-c2ccccc21. The molecule has 28 heavy (non-hydrogen) atoms. The highest BCUT2D eigenvalue weighted by Gasteiger charge is 2.29. The maximum Gasteiger partial charge on any atom is 0.407 e. The van der Waals surface area contributed by atoms with Gasteiger partial charge in [0.15, 0.2) is 0 Å². The van der Waals surface area contributed by atoms with Crippen LogP contribution in [-0.4, -0.2) is 24.4 Å². The molecule has 0 heterocycles. The molecule has 3 aromatic rings. The minimum absolute atomic E-state index is 0.0107. The monoisotopic (exact) mass is 373 g/mol. The summed E-state index contributed by atoms with van der Waals surface area (Å²) in [4.78, 5) is 12.5. The van der Waals surface area contributed by atoms with Gasteiger partial charge in [-0.3, -0.25) is 0 Å². The number of fused-ring (bicyclic) bond motifs is 3. The minimum Gasteiger partial charge on any atom is -0.449 e. The summed E-state index contributed by atoms with van der Waals surface area (Å²) in [6, 6.07) is 25.9. The number of alkyl carbamates (subject to hydrolysis) is 1. The lowest BCUT2D eigenvalue weighted by atomic mass is 9.98. The molecular weight excluding hydrogens is 350 g/mol. The molecule has 4 heteroatoms. The Balaban J connectivity index is 1.46. The predicted octanol–water partition coefficient (Wildman–Crippen LogP) is 4.65. The lowest BCUT2D eigenvalue weighted by Crippen LogP contribution is -2.30. The molecule has 1 amide bonds. The van der Waals surface area contributed by atoms with Gasteiger partial charge in [0.1, 0.15) is 6.61 Å². The van der Waals surface area contributed by atoms with Gasteiger partial charge in [0.25, 0.3) is 0 Å². The summed E-state index contributed by atoms with van der Waals surface area (Å²) in [5.74, 6) is 0.0335. The van der Waals surface area contributed by atoms with Gasteiger partial charge >= 0.3 is 6.09 Å². The average Bonchev–Trinajstić information content (AvgIpc) is 3.06. The molecule has 4 nitrogen and oxygen atoms in total. The van der Waals surface area contributed by atoms with Crippen LogP contribution in [0.2, 0.25) is 0 Å². The summed E-state index contributed by atoms with van der Waals surface area (Å²) in [5.41, 5.74) is 5.73. The summed E-state index contributed by atoms with van der Waals surface area (Å²) >= 11 is 0. The molecule has 2 N–H and O–H groups in total. The number of carbonyl (C=O) groups is 1. The molecule has 3 aromatic carbocycles. The second-order valence-electron chi connectivity index (χ2n) is 6.95. The van der Waals surface area contributed by atoms with E-state index in [1.54, 1.807) is 0 Å². The van der Waals surface area contributed by atoms with Gasteiger partial charge in [0.05, 0.1) is 6.04 Å². The Labute approximate surface area is 164 Å². The van der Waals surface area contributed by atoms with Gasteiger partial charge in [0, 0.05) is 12.5 Å². The van der Waals surface area contributed by atoms with Crippen molar-refractivity contribution in [3.05, 3.63) is 95.6 Å². The number of ether oxygens (including phenoxy) is 1. The van der Waals surface area contributed by atoms with E-state index in [1.807, 2.05) is 54.6 Å². The number of rotatable bonds is 6. The minimum atomic E-state index is -0.468. The zero-order valence-corrected chi connectivity index (χ0v) is 15.5. The van der Waals surface area contributed by atoms with E-state index in [2.05, 4.69) is 29.6 Å². The third-order valence-electron chi connectivity index (χ3n) is 5.26. The molecule has 1 aliphatic carbocycles. The van der Waals surface area contributed by atoms with Crippen molar-refractivity contribution < 1.29 is 14.6 Å². The zero-order chi connectivity index (χ0) is 19.3. The normalized spacial score (nSPS) is 13.5. The predicted molar refractivity (Wildman–Crippen MR) is 109 cm³/mol. The Hall–Kier alpha value is -3.11. The highest BCUT2D eigenvalue weighted by atomic mass is 16.5. The van der Waals surface area contributed by atoms with Crippen LogP contribution in [0.5, 0.6) is 0 Å². The number of hydrogen-bond donors (Lipinski definition) is 2. The lowest BCUT2D eigenvalue weighted by molar-refractivity contribution is 0.136. The molecule has 4 rings (SSSR count). The third-order valence-corrected chi connectivity index (χ3v) is 5.26. The molecule has 0 saturated carbocycles. The fourth-order valence-electron chi connectivity index (χ4n) is 3.92. The highest BCUT2D eigenvalue weighted by molar-refractivity contribution is 5.79. The van der Waals surface area contributed by atoms with Gasteiger partial charge in [-0.05, 0) is 34.2 Å². The first-order valence-corrected chi connectivity index (χ1v) is 9.55. The lowest BCUT2D eigenvalue weighted by Gasteiger charge is -2.19. The van der Waals surface area contributed by atoms with E-state index in [9.17, 15) is 9.90 Å². The number of aliphatic hydroxyl groups excluding tert-OH is 1. The van der Waals surface area contributed by atoms with E-state index in [4.69, 9.17) is 4.74 Å². The Morgan fingerprint density at radius 2 is 1.46 bits per heavy atom. The van der Waals surface area contributed by atoms with Gasteiger partial charge in [-0.25, -0.2) is 4.79 Å². The summed E-state index contributed by atoms with van der Waals surface area (Å²) in [6.07, 6.45) is -0.0297. The van der Waals surface area contributed by atoms with Crippen LogP contribution >= 0.6 is 0 Å². The van der Waals surface area contributed by atoms with Crippen LogP contribution in [0.15, 0.2) is 78.9 Å². The number of hydrogen-bond acceptors (Lipinski definition) is 3. The zero-order valence-electron chi connectivity index (χ0n) is 15.5. The van der Waals surface area contributed by atoms with Crippen molar-refractivity contribution >= 4 is 6.09 Å². The molecule has 0 saturated heterocycles. The van der Waals surface area contributed by atoms with Crippen LogP contribution in [0, 0.1) is 0 Å². The van der Waals surface area contributed by atoms with Crippen molar-refractivity contribution in [2.75, 3.05) is 13.2 Å². The van der Waals surface area contributed by atoms with E-state index in [0.29, 0.717) is 6.42 Å². The molecular formula is C24H23NO3. The van der Waals surface area contributed by atoms with Crippen molar-refractivity contribution in [1.82, 2.24) is 5.32 Å². The van der Waals surface area contributed by atoms with E-state index in [1.165, 1.54) is 22.3 Å². The summed E-state index contributed by atoms with van der Waals surface area (Å²) in [6.45, 7) is 0.268. The standard InChI is InChI=1S/C24H23NO3/c26-15-14-23(17-8-2-1-3-9-17)25-24(27)28-16-22-20-12-6-4-10-18(20)19-11-5-7-13-21(19)22/h1-13,22-23,26H,14-16H2,(H,25,27)/t23-/m1/s1. The van der Waals surface area contributed by atoms with Crippen molar-refractivity contribution in [2.24, 2.45) is 0 Å². The van der Waals surface area contributed by atoms with Gasteiger partial charge in [-0.15, -0.1) is 0 Å². The van der Waals surface area contributed by atoms with Crippen molar-refractivity contribution in [2.45, 2.75) is 18.4 Å². The second kappa shape index (κ2) is 8.28. The Bertz CT molecular complexity index is 909. The van der Waals surface area contributed by atoms with E-state index >= 15 is 0 Å². The van der Waals surface area contributed by atoms with Gasteiger partial charge in [-0.2, -0.15) is 0 Å². The fraction of sp³-hybridized carbons (Fsp3) is 0.208. The fourth-order valence-corrected chi connectivity index (χ4v) is 3.92. The maximum absolute atomic E-state index is 12.5. The van der Waals surface area contributed by atoms with Crippen LogP contribution in [0.25, 0.3) is 11.1 Å². The number of benzene rings is 3. The number of amides is 1. The molecule has 0 aromatic heterocycles. The topological polar surface area (TPSA) is 58.6 Å². The molecule has 0 radical (unpaired) electrons. The first kappa shape index (κ1) is 18.3. The molecule has 0 aliphatic heterocycles. The Morgan fingerprint density at radius 1 is 0.893 bits per heavy atom. The molecule has 0 unspecified atom stereocenters. The highest BCUT2D eigenvalue weighted by Crippen LogP contribution is 2.44. The molecule has 0 bridgehead atoms. The van der Waals surface area contributed by atoms with Crippen molar-refractivity contribution in [1.29, 1.82) is 0 Å². The maximum atomic E-state index is 12.5. The van der Waals surface area contributed by atoms with Gasteiger partial charge in [-0.1, -0.05) is 78.9 Å². The smallest absolute Gasteiger partial charge is 0.407 e. The second-order valence-corrected chi connectivity index (χ2v) is 6.95. The van der Waals surface area contributed by atoms with Crippen LogP contribution in [0.4, 0.5) is 4.79 Å². The number of aliphatic hydroxyl groups is 1. The summed E-state index contributed by atoms with van der Waals surface area (Å²) in [7, 11) is 0. The molecule has 142 valence electrons. The van der Waals surface area contributed by atoms with Crippen LogP contribution in [-0.2, 0) is 4.74 Å². The van der Waals surface area contributed by atoms with Crippen LogP contribution < -0.4 is 5.32 Å². The summed E-state index contributed by atoms with van der Waals surface area (Å²) < 4.78 is 5.61. The Morgan fingerprint density at radius 3 is 2.07 bits per heavy atom. The van der Waals surface area contributed by atoms with Crippen molar-refractivity contribution in [3.63, 3.8) is 0 Å². The molecule has 0 spiro atoms. The first-order valence-electron chi connectivity index (χ1n) is 9.55. The van der Waals surface area contributed by atoms with Crippen molar-refractivity contribution in [3.8, 4) is 11.1 Å². The Kier molecular flexibility index (Phi) is 5.40. The number of nitrogens with one attached hydrogen (secondary N) is 1. The molecule has 1 atom stereocenters. The summed E-state index contributed by atoms with van der Waals surface area (Å²) in [5, 5.41) is 12.2. The van der Waals surface area contributed by atoms with Gasteiger partial charge < -0.3 is 15.2 Å². The van der Waals surface area contributed by atoms with Crippen LogP contribution in [0.3, 0.4) is 0 Å². The van der Waals surface area contributed by atoms with Gasteiger partial charge in [0.2, 0.25) is 0 Å². The van der Waals surface area contributed by atoms with E-state index in [0.717, 1.165) is 5.56 Å². The molecule has 1 aliphatic rings. The number of carbonyl (C=O) groups excluding carboxylic acids is 1. The molecule has 0 fully saturated rings. The van der Waals surface area contributed by atoms with Crippen LogP contribution in [0.1, 0.15) is 35.1 Å². The van der Waals surface area contributed by atoms with E-state index < -0.39 is 6.09 Å². The van der Waals surface area contributed by atoms with E-state index in [-0.39, 0.29) is 25.2 Å². The first-order chi connectivity index (χ1) is 13.8. The average molecular weight is 373 g/mol. The largest absolute Gasteiger partial charge is 0.449 e. The quantitative estimate of drug-likeness (QED) is 0.661. The third kappa shape index (κ3) is 3.64.